The summed E-state index contributed by atoms with van der Waals surface area (Å²) in [7, 11) is 0. The number of carbonyl (C=O) groups is 2. The summed E-state index contributed by atoms with van der Waals surface area (Å²) in [5, 5.41) is 3.11. The molecule has 0 saturated carbocycles. The van der Waals surface area contributed by atoms with Crippen LogP contribution in [0.1, 0.15) is 44.6 Å². The number of nitrogens with one attached hydrogen (secondary N) is 2. The average molecular weight is 332 g/mol. The van der Waals surface area contributed by atoms with Crippen LogP contribution in [0.2, 0.25) is 0 Å². The minimum absolute atomic E-state index is 0.0217. The van der Waals surface area contributed by atoms with Crippen molar-refractivity contribution in [2.45, 2.75) is 45.1 Å². The molecule has 5 nitrogen and oxygen atoms in total. The Morgan fingerprint density at radius 3 is 2.42 bits per heavy atom. The number of carbonyl (C=O) groups excluding carboxylic acids is 2. The molecule has 2 rings (SSSR count). The molecule has 0 aliphatic carbocycles. The van der Waals surface area contributed by atoms with Gasteiger partial charge in [0.1, 0.15) is 0 Å². The van der Waals surface area contributed by atoms with E-state index in [2.05, 4.69) is 24.4 Å². The van der Waals surface area contributed by atoms with Gasteiger partial charge >= 0.3 is 0 Å². The first-order valence-corrected chi connectivity index (χ1v) is 8.99. The largest absolute Gasteiger partial charge is 0.369 e. The van der Waals surface area contributed by atoms with E-state index in [1.165, 1.54) is 10.5 Å². The second-order valence-corrected chi connectivity index (χ2v) is 6.82. The van der Waals surface area contributed by atoms with Crippen LogP contribution in [0.25, 0.3) is 0 Å². The molecule has 1 aliphatic rings. The predicted octanol–water partition coefficient (Wildman–Crippen LogP) is 0.465. The van der Waals surface area contributed by atoms with Gasteiger partial charge in [-0.3, -0.25) is 9.59 Å². The average Bonchev–Trinajstić information content (AvgIpc) is 2.62. The minimum atomic E-state index is -0.209. The van der Waals surface area contributed by atoms with Crippen molar-refractivity contribution in [3.8, 4) is 0 Å². The number of likely N-dealkylation sites (tertiary alicyclic amines) is 1. The molecule has 24 heavy (non-hydrogen) atoms. The van der Waals surface area contributed by atoms with Crippen molar-refractivity contribution in [3.63, 3.8) is 0 Å². The van der Waals surface area contributed by atoms with Gasteiger partial charge in [0.05, 0.1) is 13.1 Å². The summed E-state index contributed by atoms with van der Waals surface area (Å²) in [6.07, 6.45) is 2.56. The fourth-order valence-corrected chi connectivity index (χ4v) is 3.49. The van der Waals surface area contributed by atoms with Crippen LogP contribution in [-0.4, -0.2) is 37.5 Å². The van der Waals surface area contributed by atoms with Gasteiger partial charge in [0.25, 0.3) is 5.91 Å². The fourth-order valence-electron chi connectivity index (χ4n) is 3.49. The molecule has 2 amide bonds. The molecule has 1 aromatic carbocycles. The minimum Gasteiger partial charge on any atom is -0.369 e. The van der Waals surface area contributed by atoms with E-state index in [9.17, 15) is 9.59 Å². The zero-order valence-electron chi connectivity index (χ0n) is 14.8. The van der Waals surface area contributed by atoms with Gasteiger partial charge in [0.2, 0.25) is 5.91 Å². The number of nitrogens with two attached hydrogens (primary N) is 1. The number of benzene rings is 1. The topological polar surface area (TPSA) is 76.6 Å². The molecular weight excluding hydrogens is 302 g/mol. The van der Waals surface area contributed by atoms with Crippen LogP contribution < -0.4 is 16.0 Å². The van der Waals surface area contributed by atoms with Crippen LogP contribution >= 0.6 is 0 Å². The van der Waals surface area contributed by atoms with Crippen molar-refractivity contribution < 1.29 is 14.5 Å². The predicted molar refractivity (Wildman–Crippen MR) is 94.6 cm³/mol. The van der Waals surface area contributed by atoms with Crippen LogP contribution in [0.4, 0.5) is 0 Å². The van der Waals surface area contributed by atoms with E-state index in [0.29, 0.717) is 12.5 Å². The van der Waals surface area contributed by atoms with E-state index < -0.39 is 0 Å². The highest BCUT2D eigenvalue weighted by Gasteiger charge is 2.32. The third kappa shape index (κ3) is 4.81. The van der Waals surface area contributed by atoms with Gasteiger partial charge in [0, 0.05) is 31.2 Å². The first kappa shape index (κ1) is 18.5. The Balaban J connectivity index is 1.82. The summed E-state index contributed by atoms with van der Waals surface area (Å²) in [5.41, 5.74) is 6.64. The van der Waals surface area contributed by atoms with E-state index >= 15 is 0 Å². The molecule has 0 bridgehead atoms. The molecule has 1 fully saturated rings. The molecule has 1 heterocycles. The first-order chi connectivity index (χ1) is 11.5. The number of amides is 2. The highest BCUT2D eigenvalue weighted by molar-refractivity contribution is 5.80. The third-order valence-electron chi connectivity index (χ3n) is 5.32. The van der Waals surface area contributed by atoms with E-state index in [1.54, 1.807) is 0 Å². The summed E-state index contributed by atoms with van der Waals surface area (Å²) in [4.78, 5) is 25.0. The lowest BCUT2D eigenvalue weighted by Crippen LogP contribution is -3.17. The molecule has 1 aromatic rings. The first-order valence-electron chi connectivity index (χ1n) is 8.99. The number of primary amides is 1. The molecule has 1 aliphatic heterocycles. The molecule has 0 spiro atoms. The van der Waals surface area contributed by atoms with E-state index in [0.717, 1.165) is 32.4 Å². The molecule has 0 unspecified atom stereocenters. The van der Waals surface area contributed by atoms with Crippen molar-refractivity contribution >= 4 is 11.8 Å². The number of hydrogen-bond acceptors (Lipinski definition) is 2. The summed E-state index contributed by atoms with van der Waals surface area (Å²) < 4.78 is 0. The normalized spacial score (nSPS) is 23.2. The maximum absolute atomic E-state index is 12.5. The van der Waals surface area contributed by atoms with Crippen LogP contribution in [-0.2, 0) is 9.59 Å². The summed E-state index contributed by atoms with van der Waals surface area (Å²) in [5.74, 6) is 0.209. The number of piperidine rings is 1. The quantitative estimate of drug-likeness (QED) is 0.679. The van der Waals surface area contributed by atoms with Gasteiger partial charge in [-0.1, -0.05) is 37.3 Å². The lowest BCUT2D eigenvalue weighted by atomic mass is 9.95. The Hall–Kier alpha value is -1.88. The molecule has 1 saturated heterocycles. The lowest BCUT2D eigenvalue weighted by molar-refractivity contribution is -0.919. The van der Waals surface area contributed by atoms with Crippen molar-refractivity contribution in [2.75, 3.05) is 19.6 Å². The SMILES string of the molecule is CC[C@@H](CNC(=O)[C@H](C)[NH+]1CCC(C(N)=O)CC1)c1ccccc1. The maximum Gasteiger partial charge on any atom is 0.278 e. The van der Waals surface area contributed by atoms with E-state index in [4.69, 9.17) is 5.73 Å². The highest BCUT2D eigenvalue weighted by atomic mass is 16.2. The summed E-state index contributed by atoms with van der Waals surface area (Å²) >= 11 is 0. The number of quaternary nitrogens is 1. The van der Waals surface area contributed by atoms with Gasteiger partial charge in [0.15, 0.2) is 6.04 Å². The fraction of sp³-hybridized carbons (Fsp3) is 0.579. The van der Waals surface area contributed by atoms with E-state index in [1.807, 2.05) is 25.1 Å². The number of rotatable bonds is 7. The van der Waals surface area contributed by atoms with Gasteiger partial charge in [-0.15, -0.1) is 0 Å². The summed E-state index contributed by atoms with van der Waals surface area (Å²) in [6, 6.07) is 10.2. The monoisotopic (exact) mass is 332 g/mol. The second-order valence-electron chi connectivity index (χ2n) is 6.82. The van der Waals surface area contributed by atoms with E-state index in [-0.39, 0.29) is 23.8 Å². The molecule has 5 heteroatoms. The molecule has 4 N–H and O–H groups in total. The van der Waals surface area contributed by atoms with Gasteiger partial charge in [-0.05, 0) is 18.9 Å². The zero-order chi connectivity index (χ0) is 17.5. The van der Waals surface area contributed by atoms with Crippen LogP contribution in [0.3, 0.4) is 0 Å². The lowest BCUT2D eigenvalue weighted by Gasteiger charge is -2.31. The Morgan fingerprint density at radius 2 is 1.88 bits per heavy atom. The maximum atomic E-state index is 12.5. The molecule has 2 atom stereocenters. The Morgan fingerprint density at radius 1 is 1.25 bits per heavy atom. The van der Waals surface area contributed by atoms with Crippen molar-refractivity contribution in [3.05, 3.63) is 35.9 Å². The van der Waals surface area contributed by atoms with Crippen LogP contribution in [0.15, 0.2) is 30.3 Å². The zero-order valence-corrected chi connectivity index (χ0v) is 14.8. The van der Waals surface area contributed by atoms with Gasteiger partial charge < -0.3 is 16.0 Å². The van der Waals surface area contributed by atoms with Gasteiger partial charge in [-0.2, -0.15) is 0 Å². The van der Waals surface area contributed by atoms with Crippen molar-refractivity contribution in [1.82, 2.24) is 5.32 Å². The summed E-state index contributed by atoms with van der Waals surface area (Å²) in [6.45, 7) is 6.45. The van der Waals surface area contributed by atoms with Crippen molar-refractivity contribution in [2.24, 2.45) is 11.7 Å². The molecule has 132 valence electrons. The standard InChI is InChI=1S/C19H29N3O2/c1-3-15(16-7-5-4-6-8-16)13-21-19(24)14(2)22-11-9-17(10-12-22)18(20)23/h4-8,14-15,17H,3,9-13H2,1-2H3,(H2,20,23)(H,21,24)/p+1/t14-,15-/m0/s1. The Bertz CT molecular complexity index is 539. The second kappa shape index (κ2) is 8.83. The Labute approximate surface area is 144 Å². The number of hydrogen-bond donors (Lipinski definition) is 3. The smallest absolute Gasteiger partial charge is 0.278 e. The van der Waals surface area contributed by atoms with Crippen LogP contribution in [0, 0.1) is 5.92 Å². The third-order valence-corrected chi connectivity index (χ3v) is 5.32. The molecular formula is C19H30N3O2+. The molecule has 0 aromatic heterocycles. The molecule has 0 radical (unpaired) electrons. The van der Waals surface area contributed by atoms with Gasteiger partial charge in [-0.25, -0.2) is 0 Å². The van der Waals surface area contributed by atoms with Crippen LogP contribution in [0.5, 0.6) is 0 Å². The highest BCUT2D eigenvalue weighted by Crippen LogP contribution is 2.17. The van der Waals surface area contributed by atoms with Crippen molar-refractivity contribution in [1.29, 1.82) is 0 Å². The Kier molecular flexibility index (Phi) is 6.79.